The summed E-state index contributed by atoms with van der Waals surface area (Å²) in [7, 11) is 0. The molecule has 2 aliphatic rings. The Morgan fingerprint density at radius 1 is 1.19 bits per heavy atom. The molecule has 2 fully saturated rings. The van der Waals surface area contributed by atoms with Gasteiger partial charge in [-0.15, -0.1) is 24.0 Å². The van der Waals surface area contributed by atoms with Gasteiger partial charge in [0.1, 0.15) is 0 Å². The Labute approximate surface area is 179 Å². The Balaban J connectivity index is 0.00000210. The maximum absolute atomic E-state index is 4.89. The van der Waals surface area contributed by atoms with Crippen molar-refractivity contribution >= 4 is 29.9 Å². The zero-order valence-corrected chi connectivity index (χ0v) is 18.4. The number of aliphatic imine (C=N–C) groups is 1. The van der Waals surface area contributed by atoms with Crippen LogP contribution in [0.25, 0.3) is 0 Å². The number of halogens is 1. The zero-order valence-electron chi connectivity index (χ0n) is 16.1. The highest BCUT2D eigenvalue weighted by Gasteiger charge is 2.43. The maximum Gasteiger partial charge on any atom is 0.194 e. The average molecular weight is 479 g/mol. The van der Waals surface area contributed by atoms with Crippen LogP contribution in [0.4, 0.5) is 0 Å². The maximum atomic E-state index is 4.89. The van der Waals surface area contributed by atoms with Gasteiger partial charge >= 0.3 is 0 Å². The minimum Gasteiger partial charge on any atom is -0.357 e. The lowest BCUT2D eigenvalue weighted by atomic mass is 9.68. The van der Waals surface area contributed by atoms with Gasteiger partial charge in [-0.25, -0.2) is 4.99 Å². The van der Waals surface area contributed by atoms with Crippen molar-refractivity contribution in [1.29, 1.82) is 0 Å². The summed E-state index contributed by atoms with van der Waals surface area (Å²) in [5.74, 6) is 1.06. The summed E-state index contributed by atoms with van der Waals surface area (Å²) in [5.41, 5.74) is 3.02. The Bertz CT molecular complexity index is 751. The number of hydrogen-bond acceptors (Lipinski definition) is 2. The normalized spacial score (nSPS) is 18.3. The summed E-state index contributed by atoms with van der Waals surface area (Å²) in [4.78, 5) is 7.34. The molecule has 1 aromatic heterocycles. The molecule has 1 N–H and O–H groups in total. The van der Waals surface area contributed by atoms with Gasteiger partial charge in [0.25, 0.3) is 0 Å². The smallest absolute Gasteiger partial charge is 0.194 e. The highest BCUT2D eigenvalue weighted by atomic mass is 127. The fourth-order valence-electron chi connectivity index (χ4n) is 4.14. The molecule has 1 aliphatic heterocycles. The second-order valence-corrected chi connectivity index (χ2v) is 7.73. The minimum absolute atomic E-state index is 0. The van der Waals surface area contributed by atoms with Crippen molar-refractivity contribution in [3.63, 3.8) is 0 Å². The molecule has 1 aliphatic carbocycles. The molecule has 0 unspecified atom stereocenters. The molecular formula is C21H30IN5. The Morgan fingerprint density at radius 3 is 2.67 bits per heavy atom. The van der Waals surface area contributed by atoms with E-state index in [0.717, 1.165) is 31.2 Å². The quantitative estimate of drug-likeness (QED) is 0.402. The summed E-state index contributed by atoms with van der Waals surface area (Å²) in [6.07, 6.45) is 9.57. The van der Waals surface area contributed by atoms with Crippen molar-refractivity contribution in [2.45, 2.75) is 45.7 Å². The first-order valence-corrected chi connectivity index (χ1v) is 9.85. The van der Waals surface area contributed by atoms with Crippen LogP contribution in [0.3, 0.4) is 0 Å². The Kier molecular flexibility index (Phi) is 6.78. The lowest BCUT2D eigenvalue weighted by Crippen LogP contribution is -2.42. The van der Waals surface area contributed by atoms with Crippen molar-refractivity contribution in [1.82, 2.24) is 20.0 Å². The highest BCUT2D eigenvalue weighted by molar-refractivity contribution is 14.0. The largest absolute Gasteiger partial charge is 0.357 e. The predicted octanol–water partition coefficient (Wildman–Crippen LogP) is 3.89. The number of guanidine groups is 1. The first-order valence-electron chi connectivity index (χ1n) is 9.85. The number of likely N-dealkylation sites (tertiary alicyclic amines) is 1. The van der Waals surface area contributed by atoms with Crippen LogP contribution in [0, 0.1) is 5.41 Å². The average Bonchev–Trinajstić information content (AvgIpc) is 3.27. The van der Waals surface area contributed by atoms with Crippen molar-refractivity contribution < 1.29 is 0 Å². The molecule has 1 saturated heterocycles. The summed E-state index contributed by atoms with van der Waals surface area (Å²) >= 11 is 0. The topological polar surface area (TPSA) is 45.5 Å². The van der Waals surface area contributed by atoms with Gasteiger partial charge in [-0.2, -0.15) is 5.10 Å². The van der Waals surface area contributed by atoms with Crippen LogP contribution in [0.15, 0.2) is 47.7 Å². The van der Waals surface area contributed by atoms with Crippen molar-refractivity contribution in [3.8, 4) is 0 Å². The molecule has 146 valence electrons. The molecular weight excluding hydrogens is 449 g/mol. The molecule has 1 spiro atoms. The van der Waals surface area contributed by atoms with Crippen molar-refractivity contribution in [2.75, 3.05) is 19.6 Å². The van der Waals surface area contributed by atoms with Crippen LogP contribution in [-0.4, -0.2) is 40.3 Å². The predicted molar refractivity (Wildman–Crippen MR) is 120 cm³/mol. The fourth-order valence-corrected chi connectivity index (χ4v) is 4.14. The molecule has 0 amide bonds. The van der Waals surface area contributed by atoms with Gasteiger partial charge in [0.05, 0.1) is 19.3 Å². The Morgan fingerprint density at radius 2 is 2.00 bits per heavy atom. The van der Waals surface area contributed by atoms with E-state index in [1.165, 1.54) is 37.8 Å². The summed E-state index contributed by atoms with van der Waals surface area (Å²) in [5, 5.41) is 7.97. The summed E-state index contributed by atoms with van der Waals surface area (Å²) < 4.78 is 1.99. The number of hydrogen-bond donors (Lipinski definition) is 1. The molecule has 0 atom stereocenters. The van der Waals surface area contributed by atoms with E-state index < -0.39 is 0 Å². The third-order valence-corrected chi connectivity index (χ3v) is 5.77. The number of nitrogens with one attached hydrogen (secondary N) is 1. The van der Waals surface area contributed by atoms with Gasteiger partial charge in [0.15, 0.2) is 5.96 Å². The molecule has 2 aromatic rings. The molecule has 6 heteroatoms. The van der Waals surface area contributed by atoms with E-state index in [-0.39, 0.29) is 24.0 Å². The Hall–Kier alpha value is -1.57. The molecule has 1 saturated carbocycles. The van der Waals surface area contributed by atoms with Crippen LogP contribution in [0.2, 0.25) is 0 Å². The SMILES string of the molecule is CCNC(=NCc1cnn(Cc2ccccc2)c1)N1CCC2(CCC2)C1.I. The molecule has 5 nitrogen and oxygen atoms in total. The van der Waals surface area contributed by atoms with Gasteiger partial charge in [-0.05, 0) is 37.2 Å². The molecule has 4 rings (SSSR count). The zero-order chi connectivity index (χ0) is 17.8. The molecule has 2 heterocycles. The molecule has 0 radical (unpaired) electrons. The summed E-state index contributed by atoms with van der Waals surface area (Å²) in [6, 6.07) is 10.4. The summed E-state index contributed by atoms with van der Waals surface area (Å²) in [6.45, 7) is 6.85. The number of benzene rings is 1. The third-order valence-electron chi connectivity index (χ3n) is 5.77. The van der Waals surface area contributed by atoms with Crippen LogP contribution < -0.4 is 5.32 Å². The van der Waals surface area contributed by atoms with Crippen LogP contribution >= 0.6 is 24.0 Å². The number of aromatic nitrogens is 2. The van der Waals surface area contributed by atoms with E-state index >= 15 is 0 Å². The van der Waals surface area contributed by atoms with Crippen LogP contribution in [0.1, 0.15) is 43.7 Å². The van der Waals surface area contributed by atoms with Crippen LogP contribution in [-0.2, 0) is 13.1 Å². The number of nitrogens with zero attached hydrogens (tertiary/aromatic N) is 4. The molecule has 0 bridgehead atoms. The number of rotatable bonds is 5. The standard InChI is InChI=1S/C21H29N5.HI/c1-2-22-20(25-12-11-21(17-25)9-6-10-21)23-13-19-14-24-26(16-19)15-18-7-4-3-5-8-18;/h3-5,7-8,14,16H,2,6,9-13,15,17H2,1H3,(H,22,23);1H. The minimum atomic E-state index is 0. The lowest BCUT2D eigenvalue weighted by Gasteiger charge is -2.38. The first-order chi connectivity index (χ1) is 12.8. The van der Waals surface area contributed by atoms with Gasteiger partial charge in [-0.1, -0.05) is 36.8 Å². The van der Waals surface area contributed by atoms with E-state index in [2.05, 4.69) is 52.7 Å². The molecule has 1 aromatic carbocycles. The van der Waals surface area contributed by atoms with Crippen molar-refractivity contribution in [3.05, 3.63) is 53.9 Å². The van der Waals surface area contributed by atoms with E-state index in [4.69, 9.17) is 4.99 Å². The van der Waals surface area contributed by atoms with Gasteiger partial charge in [0, 0.05) is 31.4 Å². The van der Waals surface area contributed by atoms with Gasteiger partial charge in [-0.3, -0.25) is 4.68 Å². The lowest BCUT2D eigenvalue weighted by molar-refractivity contribution is 0.151. The van der Waals surface area contributed by atoms with Gasteiger partial charge < -0.3 is 10.2 Å². The van der Waals surface area contributed by atoms with Crippen LogP contribution in [0.5, 0.6) is 0 Å². The van der Waals surface area contributed by atoms with E-state index in [0.29, 0.717) is 12.0 Å². The highest BCUT2D eigenvalue weighted by Crippen LogP contribution is 2.47. The second-order valence-electron chi connectivity index (χ2n) is 7.73. The fraction of sp³-hybridized carbons (Fsp3) is 0.524. The first kappa shape index (κ1) is 20.2. The van der Waals surface area contributed by atoms with E-state index in [9.17, 15) is 0 Å². The monoisotopic (exact) mass is 479 g/mol. The van der Waals surface area contributed by atoms with Crippen molar-refractivity contribution in [2.24, 2.45) is 10.4 Å². The van der Waals surface area contributed by atoms with Gasteiger partial charge in [0.2, 0.25) is 0 Å². The van der Waals surface area contributed by atoms with E-state index in [1.54, 1.807) is 0 Å². The molecule has 27 heavy (non-hydrogen) atoms. The van der Waals surface area contributed by atoms with E-state index in [1.807, 2.05) is 16.9 Å². The second kappa shape index (κ2) is 9.08. The third kappa shape index (κ3) is 4.83.